The molecule has 5 heteroatoms. The van der Waals surface area contributed by atoms with Gasteiger partial charge in [-0.15, -0.1) is 10.2 Å². The monoisotopic (exact) mass is 198 g/mol. The topological polar surface area (TPSA) is 56.7 Å². The molecule has 0 bridgehead atoms. The first kappa shape index (κ1) is 9.58. The summed E-state index contributed by atoms with van der Waals surface area (Å²) in [5.74, 6) is 1.15. The van der Waals surface area contributed by atoms with Crippen LogP contribution in [0.25, 0.3) is 0 Å². The number of aromatic nitrogens is 3. The van der Waals surface area contributed by atoms with Gasteiger partial charge < -0.3 is 10.3 Å². The van der Waals surface area contributed by atoms with Crippen molar-refractivity contribution in [3.8, 4) is 0 Å². The minimum absolute atomic E-state index is 0.0444. The average Bonchev–Trinajstić information content (AvgIpc) is 2.60. The Morgan fingerprint density at radius 2 is 2.29 bits per heavy atom. The maximum atomic E-state index is 14.4. The lowest BCUT2D eigenvalue weighted by Crippen LogP contribution is -2.24. The molecule has 2 unspecified atom stereocenters. The molecule has 0 amide bonds. The minimum atomic E-state index is -1.37. The van der Waals surface area contributed by atoms with Crippen molar-refractivity contribution < 1.29 is 4.39 Å². The summed E-state index contributed by atoms with van der Waals surface area (Å²) >= 11 is 0. The van der Waals surface area contributed by atoms with E-state index < -0.39 is 5.67 Å². The second-order valence-corrected chi connectivity index (χ2v) is 4.10. The van der Waals surface area contributed by atoms with Gasteiger partial charge in [0.25, 0.3) is 0 Å². The molecule has 1 aliphatic rings. The number of hydrogen-bond acceptors (Lipinski definition) is 3. The zero-order valence-electron chi connectivity index (χ0n) is 8.50. The fourth-order valence-corrected chi connectivity index (χ4v) is 2.03. The molecule has 0 saturated heterocycles. The number of rotatable bonds is 1. The SMILES string of the molecule is Cc1nnc(C2(F)CCC(N)C2)n1C. The zero-order valence-corrected chi connectivity index (χ0v) is 8.50. The standard InChI is InChI=1S/C9H15FN4/c1-6-12-13-8(14(6)2)9(10)4-3-7(11)5-9/h7H,3-5,11H2,1-2H3. The zero-order chi connectivity index (χ0) is 10.3. The van der Waals surface area contributed by atoms with Crippen molar-refractivity contribution >= 4 is 0 Å². The normalized spacial score (nSPS) is 32.4. The molecule has 2 N–H and O–H groups in total. The summed E-state index contributed by atoms with van der Waals surface area (Å²) in [4.78, 5) is 0. The van der Waals surface area contributed by atoms with Crippen LogP contribution in [0.15, 0.2) is 0 Å². The molecule has 1 saturated carbocycles. The molecule has 2 rings (SSSR count). The van der Waals surface area contributed by atoms with Gasteiger partial charge in [0.1, 0.15) is 5.82 Å². The molecule has 2 atom stereocenters. The first-order valence-electron chi connectivity index (χ1n) is 4.84. The predicted octanol–water partition coefficient (Wildman–Crippen LogP) is 0.800. The summed E-state index contributed by atoms with van der Waals surface area (Å²) in [6.07, 6.45) is 1.54. The maximum Gasteiger partial charge on any atom is 0.171 e. The molecule has 1 fully saturated rings. The predicted molar refractivity (Wildman–Crippen MR) is 50.4 cm³/mol. The Hall–Kier alpha value is -0.970. The summed E-state index contributed by atoms with van der Waals surface area (Å²) < 4.78 is 16.1. The van der Waals surface area contributed by atoms with Gasteiger partial charge in [-0.2, -0.15) is 0 Å². The Bertz CT molecular complexity index is 349. The van der Waals surface area contributed by atoms with Crippen LogP contribution < -0.4 is 5.73 Å². The molecule has 1 aromatic rings. The average molecular weight is 198 g/mol. The third kappa shape index (κ3) is 1.32. The van der Waals surface area contributed by atoms with Crippen molar-refractivity contribution in [3.63, 3.8) is 0 Å². The Labute approximate surface area is 82.3 Å². The second kappa shape index (κ2) is 3.02. The van der Waals surface area contributed by atoms with Gasteiger partial charge in [-0.1, -0.05) is 0 Å². The molecule has 0 aromatic carbocycles. The van der Waals surface area contributed by atoms with Crippen LogP contribution >= 0.6 is 0 Å². The molecule has 1 heterocycles. The van der Waals surface area contributed by atoms with Crippen molar-refractivity contribution in [2.45, 2.75) is 37.9 Å². The molecule has 0 spiro atoms. The van der Waals surface area contributed by atoms with E-state index >= 15 is 0 Å². The van der Waals surface area contributed by atoms with Gasteiger partial charge >= 0.3 is 0 Å². The fourth-order valence-electron chi connectivity index (χ4n) is 2.03. The van der Waals surface area contributed by atoms with E-state index in [9.17, 15) is 4.39 Å². The number of hydrogen-bond donors (Lipinski definition) is 1. The quantitative estimate of drug-likeness (QED) is 0.726. The maximum absolute atomic E-state index is 14.4. The van der Waals surface area contributed by atoms with E-state index in [2.05, 4.69) is 10.2 Å². The van der Waals surface area contributed by atoms with Crippen molar-refractivity contribution in [2.75, 3.05) is 0 Å². The lowest BCUT2D eigenvalue weighted by molar-refractivity contribution is 0.154. The van der Waals surface area contributed by atoms with Gasteiger partial charge in [-0.25, -0.2) is 4.39 Å². The van der Waals surface area contributed by atoms with E-state index in [1.54, 1.807) is 11.6 Å². The highest BCUT2D eigenvalue weighted by Gasteiger charge is 2.43. The third-order valence-electron chi connectivity index (χ3n) is 2.99. The van der Waals surface area contributed by atoms with Crippen molar-refractivity contribution in [1.82, 2.24) is 14.8 Å². The number of nitrogens with two attached hydrogens (primary N) is 1. The highest BCUT2D eigenvalue weighted by Crippen LogP contribution is 2.40. The van der Waals surface area contributed by atoms with Crippen molar-refractivity contribution in [2.24, 2.45) is 12.8 Å². The Morgan fingerprint density at radius 3 is 2.71 bits per heavy atom. The number of halogens is 1. The van der Waals surface area contributed by atoms with Crippen LogP contribution in [0.2, 0.25) is 0 Å². The van der Waals surface area contributed by atoms with E-state index in [0.29, 0.717) is 18.7 Å². The first-order valence-corrected chi connectivity index (χ1v) is 4.84. The van der Waals surface area contributed by atoms with E-state index in [1.807, 2.05) is 6.92 Å². The van der Waals surface area contributed by atoms with Gasteiger partial charge in [-0.3, -0.25) is 0 Å². The van der Waals surface area contributed by atoms with E-state index in [0.717, 1.165) is 12.2 Å². The summed E-state index contributed by atoms with van der Waals surface area (Å²) in [7, 11) is 1.79. The van der Waals surface area contributed by atoms with Gasteiger partial charge in [0.15, 0.2) is 11.5 Å². The van der Waals surface area contributed by atoms with Gasteiger partial charge in [0.05, 0.1) is 0 Å². The van der Waals surface area contributed by atoms with Crippen LogP contribution in [-0.4, -0.2) is 20.8 Å². The molecular weight excluding hydrogens is 183 g/mol. The van der Waals surface area contributed by atoms with Crippen LogP contribution in [0.5, 0.6) is 0 Å². The number of nitrogens with zero attached hydrogens (tertiary/aromatic N) is 3. The summed E-state index contributed by atoms with van der Waals surface area (Å²) in [6.45, 7) is 1.81. The third-order valence-corrected chi connectivity index (χ3v) is 2.99. The lowest BCUT2D eigenvalue weighted by Gasteiger charge is -2.17. The Balaban J connectivity index is 2.35. The van der Waals surface area contributed by atoms with Crippen molar-refractivity contribution in [3.05, 3.63) is 11.6 Å². The van der Waals surface area contributed by atoms with Crippen LogP contribution in [0.4, 0.5) is 4.39 Å². The molecule has 1 aromatic heterocycles. The van der Waals surface area contributed by atoms with Gasteiger partial charge in [0.2, 0.25) is 0 Å². The van der Waals surface area contributed by atoms with Crippen LogP contribution in [0.3, 0.4) is 0 Å². The van der Waals surface area contributed by atoms with Gasteiger partial charge in [0, 0.05) is 19.5 Å². The molecule has 0 aliphatic heterocycles. The fraction of sp³-hybridized carbons (Fsp3) is 0.778. The van der Waals surface area contributed by atoms with Crippen LogP contribution in [0.1, 0.15) is 30.9 Å². The van der Waals surface area contributed by atoms with Gasteiger partial charge in [-0.05, 0) is 19.8 Å². The van der Waals surface area contributed by atoms with E-state index in [-0.39, 0.29) is 6.04 Å². The largest absolute Gasteiger partial charge is 0.328 e. The Kier molecular flexibility index (Phi) is 2.06. The van der Waals surface area contributed by atoms with Crippen LogP contribution in [0, 0.1) is 6.92 Å². The second-order valence-electron chi connectivity index (χ2n) is 4.10. The molecule has 1 aliphatic carbocycles. The lowest BCUT2D eigenvalue weighted by atomic mass is 10.0. The molecule has 14 heavy (non-hydrogen) atoms. The highest BCUT2D eigenvalue weighted by atomic mass is 19.1. The van der Waals surface area contributed by atoms with Crippen molar-refractivity contribution in [1.29, 1.82) is 0 Å². The minimum Gasteiger partial charge on any atom is -0.328 e. The highest BCUT2D eigenvalue weighted by molar-refractivity contribution is 5.09. The first-order chi connectivity index (χ1) is 6.53. The molecule has 4 nitrogen and oxygen atoms in total. The summed E-state index contributed by atoms with van der Waals surface area (Å²) in [5, 5.41) is 7.75. The molecular formula is C9H15FN4. The van der Waals surface area contributed by atoms with E-state index in [1.165, 1.54) is 0 Å². The number of alkyl halides is 1. The number of aryl methyl sites for hydroxylation is 1. The summed E-state index contributed by atoms with van der Waals surface area (Å²) in [5.41, 5.74) is 4.34. The molecule has 0 radical (unpaired) electrons. The van der Waals surface area contributed by atoms with E-state index in [4.69, 9.17) is 5.73 Å². The molecule has 78 valence electrons. The smallest absolute Gasteiger partial charge is 0.171 e. The Morgan fingerprint density at radius 1 is 1.57 bits per heavy atom. The van der Waals surface area contributed by atoms with Crippen LogP contribution in [-0.2, 0) is 12.7 Å². The summed E-state index contributed by atoms with van der Waals surface area (Å²) in [6, 6.07) is -0.0444.